The molecule has 0 radical (unpaired) electrons. The summed E-state index contributed by atoms with van der Waals surface area (Å²) in [7, 11) is 0. The molecule has 0 bridgehead atoms. The Hall–Kier alpha value is -1.28. The second kappa shape index (κ2) is 4.29. The van der Waals surface area contributed by atoms with Crippen molar-refractivity contribution in [2.75, 3.05) is 0 Å². The average Bonchev–Trinajstić information content (AvgIpc) is 2.27. The minimum Gasteiger partial charge on any atom is -0.260 e. The fraction of sp³-hybridized carbons (Fsp3) is 0.0833. The van der Waals surface area contributed by atoms with Crippen LogP contribution in [0.15, 0.2) is 59.0 Å². The molecule has 0 fully saturated rings. The number of hydrogen-bond donors (Lipinski definition) is 0. The Bertz CT molecular complexity index is 405. The number of thioether (sulfide) groups is 1. The predicted octanol–water partition coefficient (Wildman–Crippen LogP) is 3.36. The summed E-state index contributed by atoms with van der Waals surface area (Å²) >= 11 is 1.68. The van der Waals surface area contributed by atoms with Crippen molar-refractivity contribution in [2.45, 2.75) is 11.3 Å². The summed E-state index contributed by atoms with van der Waals surface area (Å²) in [5.41, 5.74) is 1.12. The van der Waals surface area contributed by atoms with Crippen LogP contribution in [0, 0.1) is 0 Å². The summed E-state index contributed by atoms with van der Waals surface area (Å²) < 4.78 is 0. The highest BCUT2D eigenvalue weighted by molar-refractivity contribution is 8.03. The van der Waals surface area contributed by atoms with E-state index in [0.29, 0.717) is 0 Å². The molecule has 1 aromatic rings. The Morgan fingerprint density at radius 2 is 2.29 bits per heavy atom. The van der Waals surface area contributed by atoms with Gasteiger partial charge in [0.1, 0.15) is 0 Å². The van der Waals surface area contributed by atoms with Crippen molar-refractivity contribution in [3.63, 3.8) is 0 Å². The molecular formula is C12H11NS. The van der Waals surface area contributed by atoms with Gasteiger partial charge in [-0.3, -0.25) is 4.98 Å². The molecule has 2 rings (SSSR count). The molecule has 2 heterocycles. The molecule has 2 heteroatoms. The van der Waals surface area contributed by atoms with Crippen molar-refractivity contribution < 1.29 is 0 Å². The standard InChI is InChI=1S/C12H11NS/c1-10-6-3-2-4-7-11-12(14-10)8-5-9-13-11/h2-6,8-9H,1,7H2/b4-2-,6-3-. The minimum absolute atomic E-state index is 0.890. The van der Waals surface area contributed by atoms with Gasteiger partial charge in [-0.15, -0.1) is 0 Å². The third kappa shape index (κ3) is 2.15. The van der Waals surface area contributed by atoms with Crippen LogP contribution < -0.4 is 0 Å². The van der Waals surface area contributed by atoms with Gasteiger partial charge in [0.05, 0.1) is 5.69 Å². The number of aromatic nitrogens is 1. The van der Waals surface area contributed by atoms with Crippen LogP contribution in [0.25, 0.3) is 0 Å². The first-order valence-electron chi connectivity index (χ1n) is 4.50. The molecule has 70 valence electrons. The Morgan fingerprint density at radius 1 is 1.36 bits per heavy atom. The SMILES string of the molecule is C=C1/C=C\C=C/Cc2ncccc2S1. The lowest BCUT2D eigenvalue weighted by Gasteiger charge is -2.04. The second-order valence-electron chi connectivity index (χ2n) is 3.01. The predicted molar refractivity (Wildman–Crippen MR) is 61.2 cm³/mol. The van der Waals surface area contributed by atoms with Crippen LogP contribution in [0.4, 0.5) is 0 Å². The Labute approximate surface area is 88.3 Å². The third-order valence-corrected chi connectivity index (χ3v) is 2.92. The fourth-order valence-corrected chi connectivity index (χ4v) is 2.10. The Kier molecular flexibility index (Phi) is 2.84. The Balaban J connectivity index is 2.39. The number of fused-ring (bicyclic) bond motifs is 1. The van der Waals surface area contributed by atoms with Crippen LogP contribution in [0.3, 0.4) is 0 Å². The number of allylic oxidation sites excluding steroid dienone is 4. The summed E-state index contributed by atoms with van der Waals surface area (Å²) in [5, 5.41) is 0. The van der Waals surface area contributed by atoms with Crippen molar-refractivity contribution in [3.8, 4) is 0 Å². The Morgan fingerprint density at radius 3 is 3.21 bits per heavy atom. The van der Waals surface area contributed by atoms with Gasteiger partial charge in [-0.1, -0.05) is 36.6 Å². The lowest BCUT2D eigenvalue weighted by atomic mass is 10.2. The molecule has 14 heavy (non-hydrogen) atoms. The molecule has 0 saturated carbocycles. The van der Waals surface area contributed by atoms with Crippen LogP contribution in [0.5, 0.6) is 0 Å². The van der Waals surface area contributed by atoms with Gasteiger partial charge >= 0.3 is 0 Å². The maximum atomic E-state index is 4.36. The summed E-state index contributed by atoms with van der Waals surface area (Å²) in [6, 6.07) is 4.05. The van der Waals surface area contributed by atoms with Gasteiger partial charge in [0.2, 0.25) is 0 Å². The van der Waals surface area contributed by atoms with E-state index in [2.05, 4.69) is 23.7 Å². The van der Waals surface area contributed by atoms with E-state index < -0.39 is 0 Å². The van der Waals surface area contributed by atoms with E-state index in [0.717, 1.165) is 17.0 Å². The zero-order chi connectivity index (χ0) is 9.80. The van der Waals surface area contributed by atoms with Gasteiger partial charge in [-0.2, -0.15) is 0 Å². The topological polar surface area (TPSA) is 12.9 Å². The summed E-state index contributed by atoms with van der Waals surface area (Å²) in [5.74, 6) is 0. The lowest BCUT2D eigenvalue weighted by molar-refractivity contribution is 1.04. The highest BCUT2D eigenvalue weighted by Gasteiger charge is 2.03. The van der Waals surface area contributed by atoms with Crippen LogP contribution in [0.1, 0.15) is 5.69 Å². The number of nitrogens with zero attached hydrogens (tertiary/aromatic N) is 1. The van der Waals surface area contributed by atoms with Crippen molar-refractivity contribution in [3.05, 3.63) is 59.8 Å². The molecule has 1 aliphatic rings. The van der Waals surface area contributed by atoms with Crippen LogP contribution in [-0.4, -0.2) is 4.98 Å². The maximum absolute atomic E-state index is 4.36. The number of pyridine rings is 1. The van der Waals surface area contributed by atoms with Gasteiger partial charge in [-0.25, -0.2) is 0 Å². The van der Waals surface area contributed by atoms with E-state index in [1.54, 1.807) is 11.8 Å². The molecule has 1 aromatic heterocycles. The van der Waals surface area contributed by atoms with E-state index >= 15 is 0 Å². The summed E-state index contributed by atoms with van der Waals surface area (Å²) in [4.78, 5) is 6.61. The second-order valence-corrected chi connectivity index (χ2v) is 4.18. The van der Waals surface area contributed by atoms with E-state index in [1.165, 1.54) is 4.90 Å². The van der Waals surface area contributed by atoms with Crippen molar-refractivity contribution >= 4 is 11.8 Å². The monoisotopic (exact) mass is 201 g/mol. The molecule has 0 unspecified atom stereocenters. The largest absolute Gasteiger partial charge is 0.260 e. The summed E-state index contributed by atoms with van der Waals surface area (Å²) in [6.07, 6.45) is 10.9. The van der Waals surface area contributed by atoms with Crippen molar-refractivity contribution in [1.82, 2.24) is 4.98 Å². The van der Waals surface area contributed by atoms with E-state index in [9.17, 15) is 0 Å². The molecule has 1 aliphatic heterocycles. The van der Waals surface area contributed by atoms with Crippen molar-refractivity contribution in [2.24, 2.45) is 0 Å². The highest BCUT2D eigenvalue weighted by Crippen LogP contribution is 2.29. The van der Waals surface area contributed by atoms with Gasteiger partial charge < -0.3 is 0 Å². The zero-order valence-corrected chi connectivity index (χ0v) is 8.63. The first-order chi connectivity index (χ1) is 6.86. The maximum Gasteiger partial charge on any atom is 0.0580 e. The van der Waals surface area contributed by atoms with Gasteiger partial charge in [-0.05, 0) is 18.2 Å². The molecule has 0 amide bonds. The molecule has 0 aromatic carbocycles. The molecule has 1 nitrogen and oxygen atoms in total. The zero-order valence-electron chi connectivity index (χ0n) is 7.81. The normalized spacial score (nSPS) is 20.1. The van der Waals surface area contributed by atoms with Gasteiger partial charge in [0.25, 0.3) is 0 Å². The average molecular weight is 201 g/mol. The van der Waals surface area contributed by atoms with Crippen LogP contribution >= 0.6 is 11.8 Å². The van der Waals surface area contributed by atoms with Crippen LogP contribution in [0.2, 0.25) is 0 Å². The quantitative estimate of drug-likeness (QED) is 0.638. The third-order valence-electron chi connectivity index (χ3n) is 1.93. The van der Waals surface area contributed by atoms with Gasteiger partial charge in [0.15, 0.2) is 0 Å². The van der Waals surface area contributed by atoms with Crippen LogP contribution in [-0.2, 0) is 6.42 Å². The lowest BCUT2D eigenvalue weighted by Crippen LogP contribution is -1.89. The summed E-state index contributed by atoms with van der Waals surface area (Å²) in [6.45, 7) is 3.97. The number of rotatable bonds is 0. The fourth-order valence-electron chi connectivity index (χ4n) is 1.27. The minimum atomic E-state index is 0.890. The molecular weight excluding hydrogens is 190 g/mol. The first-order valence-corrected chi connectivity index (χ1v) is 5.32. The molecule has 0 atom stereocenters. The molecule has 0 N–H and O–H groups in total. The van der Waals surface area contributed by atoms with Gasteiger partial charge in [0, 0.05) is 22.4 Å². The van der Waals surface area contributed by atoms with E-state index in [-0.39, 0.29) is 0 Å². The molecule has 0 saturated heterocycles. The first kappa shape index (κ1) is 9.28. The van der Waals surface area contributed by atoms with E-state index in [4.69, 9.17) is 0 Å². The molecule has 0 aliphatic carbocycles. The number of hydrogen-bond acceptors (Lipinski definition) is 2. The molecule has 0 spiro atoms. The van der Waals surface area contributed by atoms with E-state index in [1.807, 2.05) is 30.5 Å². The highest BCUT2D eigenvalue weighted by atomic mass is 32.2. The smallest absolute Gasteiger partial charge is 0.0580 e. The van der Waals surface area contributed by atoms with Crippen molar-refractivity contribution in [1.29, 1.82) is 0 Å².